The molecule has 8 heteroatoms. The van der Waals surface area contributed by atoms with Gasteiger partial charge in [-0.1, -0.05) is 30.9 Å². The third kappa shape index (κ3) is 3.56. The number of amides is 3. The number of carbonyl (C=O) groups excluding carboxylic acids is 2. The summed E-state index contributed by atoms with van der Waals surface area (Å²) in [5, 5.41) is 13.5. The molecule has 28 heavy (non-hydrogen) atoms. The highest BCUT2D eigenvalue weighted by Gasteiger charge is 2.43. The van der Waals surface area contributed by atoms with Gasteiger partial charge in [-0.2, -0.15) is 0 Å². The standard InChI is InChI=1S/C20H25ClN4O3/c1-12(26)23-8-7-22-11-14-9-13-10-15(21)17-16(18(13)28-14)20(25-19(27)24-17)5-3-2-4-6-20/h9-10,22H,2-8,11H2,1H3,(H,23,26)(H2,24,25,27). The first kappa shape index (κ1) is 19.1. The number of hydrogen-bond acceptors (Lipinski definition) is 4. The predicted molar refractivity (Wildman–Crippen MR) is 109 cm³/mol. The number of urea groups is 1. The molecule has 150 valence electrons. The number of benzene rings is 1. The fourth-order valence-corrected chi connectivity index (χ4v) is 4.62. The van der Waals surface area contributed by atoms with Gasteiger partial charge in [-0.25, -0.2) is 4.79 Å². The molecule has 1 aliphatic heterocycles. The highest BCUT2D eigenvalue weighted by atomic mass is 35.5. The van der Waals surface area contributed by atoms with Crippen LogP contribution in [0, 0.1) is 0 Å². The van der Waals surface area contributed by atoms with E-state index < -0.39 is 5.54 Å². The lowest BCUT2D eigenvalue weighted by Crippen LogP contribution is -2.52. The van der Waals surface area contributed by atoms with Crippen molar-refractivity contribution in [2.45, 2.75) is 51.1 Å². The summed E-state index contributed by atoms with van der Waals surface area (Å²) < 4.78 is 6.21. The van der Waals surface area contributed by atoms with Crippen molar-refractivity contribution in [1.29, 1.82) is 0 Å². The summed E-state index contributed by atoms with van der Waals surface area (Å²) in [6, 6.07) is 3.63. The Morgan fingerprint density at radius 1 is 1.25 bits per heavy atom. The lowest BCUT2D eigenvalue weighted by atomic mass is 9.74. The van der Waals surface area contributed by atoms with Crippen molar-refractivity contribution in [3.05, 3.63) is 28.5 Å². The van der Waals surface area contributed by atoms with Crippen molar-refractivity contribution < 1.29 is 14.0 Å². The molecule has 4 N–H and O–H groups in total. The zero-order chi connectivity index (χ0) is 19.7. The molecule has 0 atom stereocenters. The second-order valence-electron chi connectivity index (χ2n) is 7.62. The van der Waals surface area contributed by atoms with E-state index in [-0.39, 0.29) is 11.9 Å². The van der Waals surface area contributed by atoms with Gasteiger partial charge in [-0.05, 0) is 25.0 Å². The highest BCUT2D eigenvalue weighted by molar-refractivity contribution is 6.35. The second kappa shape index (κ2) is 7.64. The molecule has 0 bridgehead atoms. The Labute approximate surface area is 168 Å². The molecule has 2 aromatic rings. The average molecular weight is 405 g/mol. The Hall–Kier alpha value is -2.25. The van der Waals surface area contributed by atoms with Crippen molar-refractivity contribution in [2.24, 2.45) is 0 Å². The number of halogens is 1. The molecule has 0 saturated heterocycles. The maximum atomic E-state index is 12.3. The minimum Gasteiger partial charge on any atom is -0.459 e. The number of rotatable bonds is 5. The van der Waals surface area contributed by atoms with Crippen LogP contribution in [0.5, 0.6) is 0 Å². The fourth-order valence-electron chi connectivity index (χ4n) is 4.36. The lowest BCUT2D eigenvalue weighted by Gasteiger charge is -2.42. The molecule has 1 fully saturated rings. The number of fused-ring (bicyclic) bond motifs is 4. The van der Waals surface area contributed by atoms with Crippen LogP contribution in [0.25, 0.3) is 11.0 Å². The van der Waals surface area contributed by atoms with Gasteiger partial charge >= 0.3 is 6.03 Å². The predicted octanol–water partition coefficient (Wildman–Crippen LogP) is 3.61. The fraction of sp³-hybridized carbons (Fsp3) is 0.500. The van der Waals surface area contributed by atoms with Crippen molar-refractivity contribution in [1.82, 2.24) is 16.0 Å². The number of anilines is 1. The highest BCUT2D eigenvalue weighted by Crippen LogP contribution is 2.48. The number of carbonyl (C=O) groups is 2. The Kier molecular flexibility index (Phi) is 5.21. The third-order valence-electron chi connectivity index (χ3n) is 5.56. The monoisotopic (exact) mass is 404 g/mol. The molecule has 7 nitrogen and oxygen atoms in total. The van der Waals surface area contributed by atoms with E-state index in [4.69, 9.17) is 16.0 Å². The quantitative estimate of drug-likeness (QED) is 0.572. The molecule has 0 unspecified atom stereocenters. The van der Waals surface area contributed by atoms with Gasteiger partial charge in [-0.15, -0.1) is 0 Å². The molecule has 4 rings (SSSR count). The summed E-state index contributed by atoms with van der Waals surface area (Å²) in [6.45, 7) is 3.26. The summed E-state index contributed by atoms with van der Waals surface area (Å²) in [5.41, 5.74) is 2.00. The smallest absolute Gasteiger partial charge is 0.319 e. The molecule has 1 aliphatic carbocycles. The van der Waals surface area contributed by atoms with E-state index in [0.717, 1.165) is 48.0 Å². The van der Waals surface area contributed by atoms with Crippen molar-refractivity contribution >= 4 is 40.2 Å². The summed E-state index contributed by atoms with van der Waals surface area (Å²) in [5.74, 6) is 0.754. The van der Waals surface area contributed by atoms with Gasteiger partial charge in [0.05, 0.1) is 22.8 Å². The van der Waals surface area contributed by atoms with E-state index in [1.807, 2.05) is 12.1 Å². The maximum absolute atomic E-state index is 12.3. The van der Waals surface area contributed by atoms with Crippen molar-refractivity contribution in [3.8, 4) is 0 Å². The summed E-state index contributed by atoms with van der Waals surface area (Å²) in [6.07, 6.45) is 5.06. The zero-order valence-corrected chi connectivity index (χ0v) is 16.7. The summed E-state index contributed by atoms with van der Waals surface area (Å²) in [4.78, 5) is 23.2. The Balaban J connectivity index is 1.65. The van der Waals surface area contributed by atoms with E-state index in [9.17, 15) is 9.59 Å². The number of hydrogen-bond donors (Lipinski definition) is 4. The molecule has 0 radical (unpaired) electrons. The van der Waals surface area contributed by atoms with Gasteiger partial charge in [0.15, 0.2) is 0 Å². The molecule has 2 heterocycles. The minimum atomic E-state index is -0.424. The van der Waals surface area contributed by atoms with Crippen LogP contribution < -0.4 is 21.3 Å². The van der Waals surface area contributed by atoms with E-state index in [0.29, 0.717) is 30.3 Å². The van der Waals surface area contributed by atoms with Gasteiger partial charge in [0.2, 0.25) is 5.91 Å². The van der Waals surface area contributed by atoms with Crippen LogP contribution in [0.2, 0.25) is 5.02 Å². The molecule has 2 aliphatic rings. The van der Waals surface area contributed by atoms with Gasteiger partial charge < -0.3 is 25.7 Å². The van der Waals surface area contributed by atoms with E-state index in [1.54, 1.807) is 0 Å². The van der Waals surface area contributed by atoms with E-state index in [1.165, 1.54) is 13.3 Å². The second-order valence-corrected chi connectivity index (χ2v) is 8.03. The van der Waals surface area contributed by atoms with Crippen LogP contribution in [0.4, 0.5) is 10.5 Å². The topological polar surface area (TPSA) is 95.4 Å². The van der Waals surface area contributed by atoms with Crippen LogP contribution in [0.1, 0.15) is 50.4 Å². The first-order valence-corrected chi connectivity index (χ1v) is 10.2. The first-order chi connectivity index (χ1) is 13.5. The minimum absolute atomic E-state index is 0.0425. The van der Waals surface area contributed by atoms with Crippen LogP contribution in [0.15, 0.2) is 16.5 Å². The number of furan rings is 1. The van der Waals surface area contributed by atoms with Gasteiger partial charge in [0.25, 0.3) is 0 Å². The van der Waals surface area contributed by atoms with E-state index in [2.05, 4.69) is 21.3 Å². The number of nitrogens with one attached hydrogen (secondary N) is 4. The summed E-state index contributed by atoms with van der Waals surface area (Å²) >= 11 is 6.53. The SMILES string of the molecule is CC(=O)NCCNCc1cc2cc(Cl)c3c(c2o1)C1(CCCCC1)NC(=O)N3. The van der Waals surface area contributed by atoms with Crippen molar-refractivity contribution in [3.63, 3.8) is 0 Å². The van der Waals surface area contributed by atoms with Crippen LogP contribution in [-0.4, -0.2) is 25.0 Å². The van der Waals surface area contributed by atoms with Crippen LogP contribution in [-0.2, 0) is 16.9 Å². The molecule has 1 aromatic carbocycles. The maximum Gasteiger partial charge on any atom is 0.319 e. The summed E-state index contributed by atoms with van der Waals surface area (Å²) in [7, 11) is 0. The normalized spacial score (nSPS) is 17.9. The first-order valence-electron chi connectivity index (χ1n) is 9.78. The van der Waals surface area contributed by atoms with Gasteiger partial charge in [0, 0.05) is 31.0 Å². The molecule has 1 aromatic heterocycles. The Morgan fingerprint density at radius 3 is 2.79 bits per heavy atom. The zero-order valence-electron chi connectivity index (χ0n) is 15.9. The molecule has 1 spiro atoms. The van der Waals surface area contributed by atoms with Gasteiger partial charge in [0.1, 0.15) is 11.3 Å². The third-order valence-corrected chi connectivity index (χ3v) is 5.86. The Bertz CT molecular complexity index is 918. The molecular weight excluding hydrogens is 380 g/mol. The molecule has 3 amide bonds. The average Bonchev–Trinajstić information content (AvgIpc) is 3.04. The van der Waals surface area contributed by atoms with E-state index >= 15 is 0 Å². The Morgan fingerprint density at radius 2 is 2.04 bits per heavy atom. The largest absolute Gasteiger partial charge is 0.459 e. The van der Waals surface area contributed by atoms with Crippen LogP contribution in [0.3, 0.4) is 0 Å². The van der Waals surface area contributed by atoms with Crippen molar-refractivity contribution in [2.75, 3.05) is 18.4 Å². The molecule has 1 saturated carbocycles. The van der Waals surface area contributed by atoms with Gasteiger partial charge in [-0.3, -0.25) is 4.79 Å². The van der Waals surface area contributed by atoms with Crippen LogP contribution >= 0.6 is 11.6 Å². The lowest BCUT2D eigenvalue weighted by molar-refractivity contribution is -0.118. The molecular formula is C20H25ClN4O3.